The zero-order valence-electron chi connectivity index (χ0n) is 11.3. The first-order chi connectivity index (χ1) is 9.45. The third kappa shape index (κ3) is 3.34. The van der Waals surface area contributed by atoms with E-state index in [1.54, 1.807) is 13.0 Å². The Hall–Kier alpha value is -2.38. The maximum absolute atomic E-state index is 12.0. The van der Waals surface area contributed by atoms with Crippen molar-refractivity contribution in [3.05, 3.63) is 11.8 Å². The molecular weight excluding hydrogens is 264 g/mol. The molecule has 1 fully saturated rings. The fourth-order valence-electron chi connectivity index (χ4n) is 1.99. The number of nitrogens with zero attached hydrogens (tertiary/aromatic N) is 2. The van der Waals surface area contributed by atoms with Gasteiger partial charge in [0.1, 0.15) is 5.76 Å². The molecule has 1 aliphatic rings. The lowest BCUT2D eigenvalue weighted by Crippen LogP contribution is -2.39. The molecule has 2 N–H and O–H groups in total. The lowest BCUT2D eigenvalue weighted by Gasteiger charge is -2.19. The molecule has 1 aromatic rings. The summed E-state index contributed by atoms with van der Waals surface area (Å²) in [5.74, 6) is -0.235. The standard InChI is InChI=1S/C12H16N4O4/c1-7-3-9(15-20-7)14-11(18)6-16(2)12(19)8-4-10(17)13-5-8/h3,8H,4-6H2,1-2H3,(H,13,17)(H,14,15,18). The normalized spacial score (nSPS) is 17.7. The van der Waals surface area contributed by atoms with E-state index >= 15 is 0 Å². The van der Waals surface area contributed by atoms with E-state index in [1.807, 2.05) is 0 Å². The molecule has 2 rings (SSSR count). The molecular formula is C12H16N4O4. The van der Waals surface area contributed by atoms with Gasteiger partial charge in [-0.25, -0.2) is 0 Å². The number of carbonyl (C=O) groups is 3. The van der Waals surface area contributed by atoms with Crippen LogP contribution in [-0.2, 0) is 14.4 Å². The van der Waals surface area contributed by atoms with Crippen LogP contribution < -0.4 is 10.6 Å². The molecule has 8 nitrogen and oxygen atoms in total. The maximum atomic E-state index is 12.0. The van der Waals surface area contributed by atoms with E-state index in [0.29, 0.717) is 18.1 Å². The lowest BCUT2D eigenvalue weighted by atomic mass is 10.1. The van der Waals surface area contributed by atoms with Gasteiger partial charge in [-0.2, -0.15) is 0 Å². The number of hydrogen-bond donors (Lipinski definition) is 2. The van der Waals surface area contributed by atoms with Gasteiger partial charge in [-0.1, -0.05) is 5.16 Å². The van der Waals surface area contributed by atoms with Crippen LogP contribution >= 0.6 is 0 Å². The van der Waals surface area contributed by atoms with Crippen LogP contribution in [0, 0.1) is 12.8 Å². The van der Waals surface area contributed by atoms with Crippen LogP contribution in [-0.4, -0.2) is 47.9 Å². The first-order valence-electron chi connectivity index (χ1n) is 6.20. The van der Waals surface area contributed by atoms with E-state index < -0.39 is 5.92 Å². The summed E-state index contributed by atoms with van der Waals surface area (Å²) in [6.45, 7) is 1.93. The highest BCUT2D eigenvalue weighted by Crippen LogP contribution is 2.12. The summed E-state index contributed by atoms with van der Waals surface area (Å²) < 4.78 is 4.82. The van der Waals surface area contributed by atoms with Crippen LogP contribution in [0.5, 0.6) is 0 Å². The van der Waals surface area contributed by atoms with Gasteiger partial charge in [-0.3, -0.25) is 14.4 Å². The molecule has 8 heteroatoms. The van der Waals surface area contributed by atoms with Crippen molar-refractivity contribution in [3.63, 3.8) is 0 Å². The molecule has 1 atom stereocenters. The molecule has 0 aliphatic carbocycles. The molecule has 1 aromatic heterocycles. The highest BCUT2D eigenvalue weighted by Gasteiger charge is 2.30. The Bertz CT molecular complexity index is 539. The second-order valence-corrected chi connectivity index (χ2v) is 4.77. The third-order valence-electron chi connectivity index (χ3n) is 2.98. The molecule has 1 unspecified atom stereocenters. The van der Waals surface area contributed by atoms with E-state index in [1.165, 1.54) is 11.9 Å². The van der Waals surface area contributed by atoms with Gasteiger partial charge < -0.3 is 20.1 Å². The first-order valence-corrected chi connectivity index (χ1v) is 6.20. The summed E-state index contributed by atoms with van der Waals surface area (Å²) in [5, 5.41) is 8.75. The van der Waals surface area contributed by atoms with Gasteiger partial charge in [0.15, 0.2) is 5.82 Å². The van der Waals surface area contributed by atoms with Crippen LogP contribution in [0.4, 0.5) is 5.82 Å². The Morgan fingerprint density at radius 3 is 2.90 bits per heavy atom. The zero-order chi connectivity index (χ0) is 14.7. The Balaban J connectivity index is 1.84. The number of aryl methyl sites for hydroxylation is 1. The van der Waals surface area contributed by atoms with E-state index in [9.17, 15) is 14.4 Å². The number of hydrogen-bond acceptors (Lipinski definition) is 5. The van der Waals surface area contributed by atoms with E-state index in [2.05, 4.69) is 15.8 Å². The number of nitrogens with one attached hydrogen (secondary N) is 2. The molecule has 1 saturated heterocycles. The highest BCUT2D eigenvalue weighted by molar-refractivity contribution is 5.95. The molecule has 3 amide bonds. The minimum Gasteiger partial charge on any atom is -0.360 e. The monoisotopic (exact) mass is 280 g/mol. The molecule has 0 saturated carbocycles. The Kier molecular flexibility index (Phi) is 4.02. The fourth-order valence-corrected chi connectivity index (χ4v) is 1.99. The number of aromatic nitrogens is 1. The average Bonchev–Trinajstić information content (AvgIpc) is 2.97. The van der Waals surface area contributed by atoms with Crippen molar-refractivity contribution in [2.45, 2.75) is 13.3 Å². The van der Waals surface area contributed by atoms with Crippen LogP contribution in [0.2, 0.25) is 0 Å². The molecule has 2 heterocycles. The van der Waals surface area contributed by atoms with Crippen molar-refractivity contribution in [1.82, 2.24) is 15.4 Å². The van der Waals surface area contributed by atoms with Gasteiger partial charge in [0.25, 0.3) is 0 Å². The average molecular weight is 280 g/mol. The van der Waals surface area contributed by atoms with Crippen molar-refractivity contribution in [3.8, 4) is 0 Å². The Morgan fingerprint density at radius 1 is 1.60 bits per heavy atom. The number of carbonyl (C=O) groups excluding carboxylic acids is 3. The van der Waals surface area contributed by atoms with Crippen molar-refractivity contribution >= 4 is 23.5 Å². The molecule has 0 bridgehead atoms. The summed E-state index contributed by atoms with van der Waals surface area (Å²) in [7, 11) is 1.53. The molecule has 1 aliphatic heterocycles. The Labute approximate surface area is 115 Å². The van der Waals surface area contributed by atoms with E-state index in [0.717, 1.165) is 0 Å². The smallest absolute Gasteiger partial charge is 0.245 e. The first kappa shape index (κ1) is 14.0. The predicted octanol–water partition coefficient (Wildman–Crippen LogP) is -0.484. The number of amides is 3. The second-order valence-electron chi connectivity index (χ2n) is 4.77. The third-order valence-corrected chi connectivity index (χ3v) is 2.98. The van der Waals surface area contributed by atoms with Gasteiger partial charge >= 0.3 is 0 Å². The largest absolute Gasteiger partial charge is 0.360 e. The summed E-state index contributed by atoms with van der Waals surface area (Å²) in [5.41, 5.74) is 0. The van der Waals surface area contributed by atoms with Crippen LogP contribution in [0.3, 0.4) is 0 Å². The van der Waals surface area contributed by atoms with Crippen molar-refractivity contribution in [1.29, 1.82) is 0 Å². The SMILES string of the molecule is Cc1cc(NC(=O)CN(C)C(=O)C2CNC(=O)C2)no1. The molecule has 0 aromatic carbocycles. The zero-order valence-corrected chi connectivity index (χ0v) is 11.3. The molecule has 0 radical (unpaired) electrons. The lowest BCUT2D eigenvalue weighted by molar-refractivity contribution is -0.137. The van der Waals surface area contributed by atoms with Crippen LogP contribution in [0.15, 0.2) is 10.6 Å². The van der Waals surface area contributed by atoms with Crippen LogP contribution in [0.25, 0.3) is 0 Å². The van der Waals surface area contributed by atoms with Gasteiger partial charge in [-0.05, 0) is 6.92 Å². The van der Waals surface area contributed by atoms with Crippen LogP contribution in [0.1, 0.15) is 12.2 Å². The van der Waals surface area contributed by atoms with Crippen molar-refractivity contribution in [2.75, 3.05) is 25.5 Å². The number of rotatable bonds is 4. The number of anilines is 1. The van der Waals surface area contributed by atoms with Gasteiger partial charge in [0.05, 0.1) is 12.5 Å². The minimum atomic E-state index is -0.394. The summed E-state index contributed by atoms with van der Waals surface area (Å²) in [4.78, 5) is 36.1. The molecule has 0 spiro atoms. The minimum absolute atomic E-state index is 0.102. The van der Waals surface area contributed by atoms with Crippen molar-refractivity contribution in [2.24, 2.45) is 5.92 Å². The quantitative estimate of drug-likeness (QED) is 0.775. The molecule has 108 valence electrons. The van der Waals surface area contributed by atoms with E-state index in [4.69, 9.17) is 4.52 Å². The second kappa shape index (κ2) is 5.72. The summed E-state index contributed by atoms with van der Waals surface area (Å²) >= 11 is 0. The van der Waals surface area contributed by atoms with E-state index in [-0.39, 0.29) is 30.7 Å². The summed E-state index contributed by atoms with van der Waals surface area (Å²) in [6.07, 6.45) is 0.174. The van der Waals surface area contributed by atoms with Gasteiger partial charge in [0, 0.05) is 26.1 Å². The van der Waals surface area contributed by atoms with Gasteiger partial charge in [-0.15, -0.1) is 0 Å². The number of likely N-dealkylation sites (N-methyl/N-ethyl adjacent to an activating group) is 1. The fraction of sp³-hybridized carbons (Fsp3) is 0.500. The van der Waals surface area contributed by atoms with Gasteiger partial charge in [0.2, 0.25) is 17.7 Å². The summed E-state index contributed by atoms with van der Waals surface area (Å²) in [6, 6.07) is 1.58. The maximum Gasteiger partial charge on any atom is 0.245 e. The molecule has 20 heavy (non-hydrogen) atoms. The predicted molar refractivity (Wildman–Crippen MR) is 68.6 cm³/mol. The van der Waals surface area contributed by atoms with Crippen molar-refractivity contribution < 1.29 is 18.9 Å². The highest BCUT2D eigenvalue weighted by atomic mass is 16.5. The Morgan fingerprint density at radius 2 is 2.35 bits per heavy atom. The topological polar surface area (TPSA) is 105 Å².